The van der Waals surface area contributed by atoms with Crippen molar-refractivity contribution in [3.63, 3.8) is 0 Å². The Hall–Kier alpha value is -5.91. The van der Waals surface area contributed by atoms with Crippen molar-refractivity contribution in [2.24, 2.45) is 11.3 Å². The minimum atomic E-state index is -0.894. The smallest absolute Gasteiger partial charge is 0.246 e. The van der Waals surface area contributed by atoms with Crippen molar-refractivity contribution in [2.75, 3.05) is 46.0 Å². The molecule has 4 N–H and O–H groups in total. The average molecular weight is 978 g/mol. The lowest BCUT2D eigenvalue weighted by Gasteiger charge is -2.35. The first-order valence-corrected chi connectivity index (χ1v) is 25.2. The molecule has 2 aliphatic rings. The summed E-state index contributed by atoms with van der Waals surface area (Å²) in [6.07, 6.45) is 0.948. The van der Waals surface area contributed by atoms with Crippen LogP contribution in [0, 0.1) is 24.1 Å². The molecule has 69 heavy (non-hydrogen) atoms. The fraction of sp³-hybridized carbons (Fsp3) is 0.396. The van der Waals surface area contributed by atoms with Crippen LogP contribution in [0.2, 0.25) is 0 Å². The lowest BCUT2D eigenvalue weighted by Crippen LogP contribution is -2.57. The number of phenols is 1. The number of nitrogens with zero attached hydrogens (tertiary/aromatic N) is 3. The van der Waals surface area contributed by atoms with Gasteiger partial charge in [0.25, 0.3) is 0 Å². The molecule has 2 aliphatic heterocycles. The summed E-state index contributed by atoms with van der Waals surface area (Å²) in [6.45, 7) is 12.0. The number of thiazole rings is 1. The molecule has 0 spiro atoms. The van der Waals surface area contributed by atoms with Crippen molar-refractivity contribution in [3.8, 4) is 43.9 Å². The van der Waals surface area contributed by atoms with Gasteiger partial charge in [0.05, 0.1) is 33.7 Å². The monoisotopic (exact) mass is 977 g/mol. The number of amides is 3. The molecule has 364 valence electrons. The van der Waals surface area contributed by atoms with E-state index in [0.29, 0.717) is 43.7 Å². The van der Waals surface area contributed by atoms with Gasteiger partial charge < -0.3 is 40.0 Å². The number of rotatable bonds is 19. The van der Waals surface area contributed by atoms with Crippen LogP contribution in [0.1, 0.15) is 57.7 Å². The van der Waals surface area contributed by atoms with Crippen molar-refractivity contribution in [2.45, 2.75) is 78.1 Å². The minimum absolute atomic E-state index is 0.0121. The van der Waals surface area contributed by atoms with Crippen molar-refractivity contribution in [1.82, 2.24) is 25.4 Å². The van der Waals surface area contributed by atoms with E-state index in [1.807, 2.05) is 87.8 Å². The molecule has 2 fully saturated rings. The number of aryl methyl sites for hydroxylation is 1. The van der Waals surface area contributed by atoms with Crippen LogP contribution in [-0.4, -0.2) is 107 Å². The number of phenolic OH excluding ortho intramolecular Hbond substituents is 1. The van der Waals surface area contributed by atoms with Gasteiger partial charge in [-0.15, -0.1) is 22.7 Å². The predicted octanol–water partition coefficient (Wildman–Crippen LogP) is 8.94. The number of carbonyl (C=O) groups excluding carboxylic acids is 3. The van der Waals surface area contributed by atoms with Crippen LogP contribution in [0.3, 0.4) is 0 Å². The molecule has 4 aromatic carbocycles. The third-order valence-electron chi connectivity index (χ3n) is 12.6. The van der Waals surface area contributed by atoms with Gasteiger partial charge in [0.1, 0.15) is 41.8 Å². The first-order chi connectivity index (χ1) is 33.2. The summed E-state index contributed by atoms with van der Waals surface area (Å²) in [4.78, 5) is 50.8. The maximum absolute atomic E-state index is 14.0. The molecule has 0 aliphatic carbocycles. The molecule has 6 aromatic rings. The van der Waals surface area contributed by atoms with Gasteiger partial charge in [-0.2, -0.15) is 0 Å². The summed E-state index contributed by atoms with van der Waals surface area (Å²) >= 11 is 3.05. The molecule has 3 amide bonds. The number of nitrogens with one attached hydrogen (secondary N) is 2. The number of hydrogen-bond donors (Lipinski definition) is 4. The number of aromatic hydroxyl groups is 1. The van der Waals surface area contributed by atoms with Crippen molar-refractivity contribution in [1.29, 1.82) is 0 Å². The van der Waals surface area contributed by atoms with Gasteiger partial charge in [-0.1, -0.05) is 57.2 Å². The lowest BCUT2D eigenvalue weighted by molar-refractivity contribution is -0.144. The summed E-state index contributed by atoms with van der Waals surface area (Å²) in [7, 11) is 0. The maximum atomic E-state index is 14.0. The molecule has 1 unspecified atom stereocenters. The number of fused-ring (bicyclic) bond motifs is 1. The van der Waals surface area contributed by atoms with Crippen LogP contribution in [-0.2, 0) is 25.7 Å². The van der Waals surface area contributed by atoms with Gasteiger partial charge in [0.15, 0.2) is 5.75 Å². The van der Waals surface area contributed by atoms with Crippen LogP contribution < -0.4 is 20.1 Å². The molecule has 16 heteroatoms. The van der Waals surface area contributed by atoms with Crippen molar-refractivity contribution < 1.29 is 43.2 Å². The second-order valence-electron chi connectivity index (χ2n) is 18.9. The Balaban J connectivity index is 0.732. The van der Waals surface area contributed by atoms with E-state index in [4.69, 9.17) is 14.2 Å². The number of aliphatic hydroxyl groups is 1. The van der Waals surface area contributed by atoms with E-state index >= 15 is 0 Å². The zero-order chi connectivity index (χ0) is 48.7. The molecule has 2 saturated heterocycles. The van der Waals surface area contributed by atoms with Crippen LogP contribution in [0.15, 0.2) is 96.5 Å². The lowest BCUT2D eigenvalue weighted by atomic mass is 9.85. The largest absolute Gasteiger partial charge is 0.508 e. The number of aromatic nitrogens is 1. The predicted molar refractivity (Wildman–Crippen MR) is 267 cm³/mol. The molecule has 13 nitrogen and oxygen atoms in total. The fourth-order valence-corrected chi connectivity index (χ4v) is 10.8. The van der Waals surface area contributed by atoms with E-state index in [1.54, 1.807) is 35.6 Å². The van der Waals surface area contributed by atoms with Gasteiger partial charge in [-0.05, 0) is 109 Å². The molecule has 8 rings (SSSR count). The maximum Gasteiger partial charge on any atom is 0.246 e. The highest BCUT2D eigenvalue weighted by atomic mass is 32.1. The number of aliphatic hydroxyl groups excluding tert-OH is 1. The fourth-order valence-electron chi connectivity index (χ4n) is 8.82. The quantitative estimate of drug-likeness (QED) is 0.0577. The highest BCUT2D eigenvalue weighted by Gasteiger charge is 2.44. The molecule has 0 bridgehead atoms. The summed E-state index contributed by atoms with van der Waals surface area (Å²) in [5.41, 5.74) is 4.92. The zero-order valence-electron chi connectivity index (χ0n) is 39.4. The average Bonchev–Trinajstić information content (AvgIpc) is 4.14. The van der Waals surface area contributed by atoms with Crippen molar-refractivity contribution >= 4 is 50.5 Å². The second kappa shape index (κ2) is 22.2. The van der Waals surface area contributed by atoms with Crippen LogP contribution in [0.25, 0.3) is 31.0 Å². The van der Waals surface area contributed by atoms with E-state index in [-0.39, 0.29) is 49.3 Å². The highest BCUT2D eigenvalue weighted by molar-refractivity contribution is 7.22. The van der Waals surface area contributed by atoms with Crippen LogP contribution in [0.5, 0.6) is 23.0 Å². The van der Waals surface area contributed by atoms with Crippen molar-refractivity contribution in [3.05, 3.63) is 114 Å². The number of benzene rings is 4. The Morgan fingerprint density at radius 2 is 1.65 bits per heavy atom. The Labute approximate surface area is 410 Å². The summed E-state index contributed by atoms with van der Waals surface area (Å²) in [6, 6.07) is 25.0. The Bertz CT molecular complexity index is 2700. The van der Waals surface area contributed by atoms with Gasteiger partial charge in [-0.3, -0.25) is 19.3 Å². The van der Waals surface area contributed by atoms with Gasteiger partial charge in [-0.25, -0.2) is 9.37 Å². The second-order valence-corrected chi connectivity index (χ2v) is 20.9. The van der Waals surface area contributed by atoms with Crippen LogP contribution >= 0.6 is 22.7 Å². The molecule has 0 radical (unpaired) electrons. The number of β-amino-alcohol motifs (C(OH)–C–C–N with tert-alkyl or cyclic N) is 1. The van der Waals surface area contributed by atoms with Gasteiger partial charge >= 0.3 is 0 Å². The molecule has 4 heterocycles. The van der Waals surface area contributed by atoms with Crippen LogP contribution in [0.4, 0.5) is 4.39 Å². The zero-order valence-corrected chi connectivity index (χ0v) is 41.0. The first kappa shape index (κ1) is 49.5. The van der Waals surface area contributed by atoms with E-state index < -0.39 is 29.5 Å². The SMILES string of the molecule is Cc1ncsc1-c1ccc(CNC(=O)[C@@H]2C[C@@H](O)CN2C(=O)[C@@H](NC(=O)CCCOCC2CCN(CCOc3ccc(Oc4c(-c5ccc(F)cc5)sc5cc(O)ccc45)cc3)C2)C(C)(C)C)cc1. The summed E-state index contributed by atoms with van der Waals surface area (Å²) in [5.74, 6) is 1.20. The third kappa shape index (κ3) is 12.7. The van der Waals surface area contributed by atoms with E-state index in [1.165, 1.54) is 28.4 Å². The van der Waals surface area contributed by atoms with Gasteiger partial charge in [0, 0.05) is 55.7 Å². The normalized spacial score (nSPS) is 17.8. The number of likely N-dealkylation sites (tertiary alicyclic amines) is 2. The van der Waals surface area contributed by atoms with E-state index in [0.717, 1.165) is 74.0 Å². The Morgan fingerprint density at radius 3 is 2.38 bits per heavy atom. The van der Waals surface area contributed by atoms with E-state index in [2.05, 4.69) is 20.5 Å². The molecule has 4 atom stereocenters. The summed E-state index contributed by atoms with van der Waals surface area (Å²) in [5, 5.41) is 27.4. The minimum Gasteiger partial charge on any atom is -0.508 e. The first-order valence-electron chi connectivity index (χ1n) is 23.5. The number of ether oxygens (including phenoxy) is 3. The number of thiophene rings is 1. The standard InChI is InChI=1S/C53H60FN5O8S2/c1-33-48(68-32-56-33)36-9-7-34(8-10-36)28-55-51(63)44-26-40(61)30-59(44)52(64)50(53(2,3)4)57-46(62)6-5-24-65-31-35-21-22-58(29-35)23-25-66-41-16-18-42(19-17-41)67-47-43-20-15-39(60)27-45(43)69-49(47)37-11-13-38(54)14-12-37/h7-20,27,32,35,40,44,50,60-61H,5-6,21-26,28-31H2,1-4H3,(H,55,63)(H,57,62)/t35?,40-,44+,50-/m1/s1. The Kier molecular flexibility index (Phi) is 16.0. The molecule has 2 aromatic heterocycles. The Morgan fingerprint density at radius 1 is 0.928 bits per heavy atom. The third-order valence-corrected chi connectivity index (χ3v) is 14.7. The molecular formula is C53H60FN5O8S2. The molecule has 0 saturated carbocycles. The van der Waals surface area contributed by atoms with E-state index in [9.17, 15) is 29.0 Å². The molecular weight excluding hydrogens is 918 g/mol. The number of carbonyl (C=O) groups is 3. The number of hydrogen-bond acceptors (Lipinski definition) is 12. The number of halogens is 1. The highest BCUT2D eigenvalue weighted by Crippen LogP contribution is 2.47. The summed E-state index contributed by atoms with van der Waals surface area (Å²) < 4.78 is 33.1. The topological polar surface area (TPSA) is 163 Å². The van der Waals surface area contributed by atoms with Gasteiger partial charge in [0.2, 0.25) is 17.7 Å².